The third kappa shape index (κ3) is 2.33. The van der Waals surface area contributed by atoms with E-state index in [0.717, 1.165) is 12.0 Å². The van der Waals surface area contributed by atoms with E-state index in [-0.39, 0.29) is 6.61 Å². The highest BCUT2D eigenvalue weighted by molar-refractivity contribution is 5.82. The molecule has 24 heavy (non-hydrogen) atoms. The standard InChI is InChI=1S/C19H17NO4/c21-18(22)17-8-9-20(17)19(23)24-11-13-5-3-7-15-14-6-2-1-4-12(14)10-16(13)15/h1-7,17H,8-11H2,(H,21,22). The number of fused-ring (bicyclic) bond motifs is 3. The molecule has 1 saturated heterocycles. The number of aliphatic carboxylic acids is 1. The van der Waals surface area contributed by atoms with Crippen LogP contribution in [0.5, 0.6) is 0 Å². The van der Waals surface area contributed by atoms with Crippen LogP contribution in [0.1, 0.15) is 23.1 Å². The van der Waals surface area contributed by atoms with E-state index in [9.17, 15) is 9.59 Å². The minimum Gasteiger partial charge on any atom is -0.480 e. The van der Waals surface area contributed by atoms with E-state index >= 15 is 0 Å². The number of carboxylic acid groups (broad SMARTS) is 1. The van der Waals surface area contributed by atoms with E-state index in [0.29, 0.717) is 13.0 Å². The molecule has 0 radical (unpaired) electrons. The lowest BCUT2D eigenvalue weighted by Crippen LogP contribution is -2.55. The first kappa shape index (κ1) is 14.8. The molecule has 1 fully saturated rings. The smallest absolute Gasteiger partial charge is 0.410 e. The first-order valence-corrected chi connectivity index (χ1v) is 8.00. The predicted molar refractivity (Wildman–Crippen MR) is 87.6 cm³/mol. The Bertz CT molecular complexity index is 830. The maximum atomic E-state index is 12.1. The maximum absolute atomic E-state index is 12.1. The molecule has 1 aliphatic carbocycles. The zero-order chi connectivity index (χ0) is 16.7. The molecule has 122 valence electrons. The summed E-state index contributed by atoms with van der Waals surface area (Å²) in [6.45, 7) is 0.604. The Labute approximate surface area is 139 Å². The molecule has 2 aliphatic rings. The molecule has 0 aromatic heterocycles. The second-order valence-corrected chi connectivity index (χ2v) is 6.17. The number of amides is 1. The summed E-state index contributed by atoms with van der Waals surface area (Å²) in [5.74, 6) is -0.978. The number of carbonyl (C=O) groups is 2. The molecule has 1 N–H and O–H groups in total. The lowest BCUT2D eigenvalue weighted by Gasteiger charge is -2.36. The molecule has 1 heterocycles. The van der Waals surface area contributed by atoms with Gasteiger partial charge >= 0.3 is 12.1 Å². The van der Waals surface area contributed by atoms with Gasteiger partial charge in [-0.2, -0.15) is 0 Å². The van der Waals surface area contributed by atoms with Crippen molar-refractivity contribution in [2.24, 2.45) is 0 Å². The Balaban J connectivity index is 1.49. The zero-order valence-corrected chi connectivity index (χ0v) is 13.1. The van der Waals surface area contributed by atoms with Crippen molar-refractivity contribution in [3.05, 3.63) is 59.2 Å². The van der Waals surface area contributed by atoms with Gasteiger partial charge in [0.2, 0.25) is 0 Å². The second-order valence-electron chi connectivity index (χ2n) is 6.17. The maximum Gasteiger partial charge on any atom is 0.410 e. The third-order valence-electron chi connectivity index (χ3n) is 4.84. The number of carbonyl (C=O) groups excluding carboxylic acids is 1. The molecule has 5 nitrogen and oxygen atoms in total. The van der Waals surface area contributed by atoms with Crippen LogP contribution in [0, 0.1) is 0 Å². The summed E-state index contributed by atoms with van der Waals surface area (Å²) in [6.07, 6.45) is 0.767. The Hall–Kier alpha value is -2.82. The molecule has 2 aromatic rings. The summed E-state index contributed by atoms with van der Waals surface area (Å²) in [5.41, 5.74) is 5.86. The molecule has 1 unspecified atom stereocenters. The highest BCUT2D eigenvalue weighted by Gasteiger charge is 2.38. The third-order valence-corrected chi connectivity index (χ3v) is 4.84. The number of hydrogen-bond acceptors (Lipinski definition) is 3. The average Bonchev–Trinajstić information content (AvgIpc) is 2.90. The Morgan fingerprint density at radius 1 is 1.12 bits per heavy atom. The summed E-state index contributed by atoms with van der Waals surface area (Å²) < 4.78 is 5.36. The van der Waals surface area contributed by atoms with Gasteiger partial charge < -0.3 is 9.84 Å². The lowest BCUT2D eigenvalue weighted by atomic mass is 10.0. The van der Waals surface area contributed by atoms with Gasteiger partial charge in [-0.1, -0.05) is 42.5 Å². The van der Waals surface area contributed by atoms with Crippen LogP contribution in [0.15, 0.2) is 42.5 Å². The highest BCUT2D eigenvalue weighted by Crippen LogP contribution is 2.38. The fraction of sp³-hybridized carbons (Fsp3) is 0.263. The average molecular weight is 323 g/mol. The van der Waals surface area contributed by atoms with E-state index in [2.05, 4.69) is 18.2 Å². The summed E-state index contributed by atoms with van der Waals surface area (Å²) >= 11 is 0. The summed E-state index contributed by atoms with van der Waals surface area (Å²) in [7, 11) is 0. The van der Waals surface area contributed by atoms with Crippen molar-refractivity contribution in [2.45, 2.75) is 25.5 Å². The minimum absolute atomic E-state index is 0.166. The zero-order valence-electron chi connectivity index (χ0n) is 13.1. The molecule has 1 aliphatic heterocycles. The first-order valence-electron chi connectivity index (χ1n) is 8.00. The fourth-order valence-corrected chi connectivity index (χ4v) is 3.44. The summed E-state index contributed by atoms with van der Waals surface area (Å²) in [5, 5.41) is 9.02. The highest BCUT2D eigenvalue weighted by atomic mass is 16.6. The van der Waals surface area contributed by atoms with Crippen molar-refractivity contribution in [2.75, 3.05) is 6.54 Å². The van der Waals surface area contributed by atoms with Gasteiger partial charge in [0.05, 0.1) is 0 Å². The number of rotatable bonds is 3. The van der Waals surface area contributed by atoms with Crippen LogP contribution < -0.4 is 0 Å². The molecule has 0 bridgehead atoms. The van der Waals surface area contributed by atoms with Crippen molar-refractivity contribution >= 4 is 12.1 Å². The van der Waals surface area contributed by atoms with Gasteiger partial charge in [0.15, 0.2) is 0 Å². The normalized spacial score (nSPS) is 17.7. The largest absolute Gasteiger partial charge is 0.480 e. The van der Waals surface area contributed by atoms with E-state index in [1.807, 2.05) is 24.3 Å². The van der Waals surface area contributed by atoms with Crippen LogP contribution in [0.4, 0.5) is 4.79 Å². The van der Waals surface area contributed by atoms with Crippen molar-refractivity contribution in [3.8, 4) is 11.1 Å². The van der Waals surface area contributed by atoms with Crippen molar-refractivity contribution in [1.82, 2.24) is 4.90 Å². The number of likely N-dealkylation sites (tertiary alicyclic amines) is 1. The topological polar surface area (TPSA) is 66.8 Å². The first-order chi connectivity index (χ1) is 11.6. The van der Waals surface area contributed by atoms with Crippen molar-refractivity contribution in [3.63, 3.8) is 0 Å². The van der Waals surface area contributed by atoms with Gasteiger partial charge in [-0.3, -0.25) is 4.90 Å². The predicted octanol–water partition coefficient (Wildman–Crippen LogP) is 3.05. The molecule has 2 aromatic carbocycles. The monoisotopic (exact) mass is 323 g/mol. The molecule has 0 spiro atoms. The van der Waals surface area contributed by atoms with Crippen LogP contribution in [0.25, 0.3) is 11.1 Å². The number of carboxylic acids is 1. The van der Waals surface area contributed by atoms with Crippen LogP contribution in [0.2, 0.25) is 0 Å². The number of hydrogen-bond donors (Lipinski definition) is 1. The molecule has 1 atom stereocenters. The molecule has 1 amide bonds. The number of benzene rings is 2. The molecule has 4 rings (SSSR count). The number of ether oxygens (including phenoxy) is 1. The Kier molecular flexibility index (Phi) is 3.49. The number of nitrogens with zero attached hydrogens (tertiary/aromatic N) is 1. The van der Waals surface area contributed by atoms with Gasteiger partial charge in [0.25, 0.3) is 0 Å². The van der Waals surface area contributed by atoms with Gasteiger partial charge in [0.1, 0.15) is 12.6 Å². The van der Waals surface area contributed by atoms with E-state index in [4.69, 9.17) is 9.84 Å². The van der Waals surface area contributed by atoms with Crippen LogP contribution >= 0.6 is 0 Å². The lowest BCUT2D eigenvalue weighted by molar-refractivity contribution is -0.146. The van der Waals surface area contributed by atoms with E-state index in [1.165, 1.54) is 27.2 Å². The van der Waals surface area contributed by atoms with E-state index < -0.39 is 18.1 Å². The van der Waals surface area contributed by atoms with Gasteiger partial charge in [-0.25, -0.2) is 9.59 Å². The van der Waals surface area contributed by atoms with Crippen LogP contribution in [-0.2, 0) is 22.6 Å². The molecule has 0 saturated carbocycles. The quantitative estimate of drug-likeness (QED) is 0.804. The Morgan fingerprint density at radius 3 is 2.67 bits per heavy atom. The second kappa shape index (κ2) is 5.67. The van der Waals surface area contributed by atoms with Crippen molar-refractivity contribution < 1.29 is 19.4 Å². The fourth-order valence-electron chi connectivity index (χ4n) is 3.44. The summed E-state index contributed by atoms with van der Waals surface area (Å²) in [6, 6.07) is 13.5. The van der Waals surface area contributed by atoms with Crippen molar-refractivity contribution in [1.29, 1.82) is 0 Å². The van der Waals surface area contributed by atoms with E-state index in [1.54, 1.807) is 0 Å². The Morgan fingerprint density at radius 2 is 1.92 bits per heavy atom. The summed E-state index contributed by atoms with van der Waals surface area (Å²) in [4.78, 5) is 24.3. The van der Waals surface area contributed by atoms with Crippen LogP contribution in [0.3, 0.4) is 0 Å². The van der Waals surface area contributed by atoms with Gasteiger partial charge in [-0.05, 0) is 40.7 Å². The molecular weight excluding hydrogens is 306 g/mol. The van der Waals surface area contributed by atoms with Gasteiger partial charge in [0, 0.05) is 6.54 Å². The van der Waals surface area contributed by atoms with Crippen LogP contribution in [-0.4, -0.2) is 34.7 Å². The SMILES string of the molecule is O=C(O)C1CCN1C(=O)OCc1cccc2c1Cc1ccccc1-2. The minimum atomic E-state index is -0.978. The van der Waals surface area contributed by atoms with Gasteiger partial charge in [-0.15, -0.1) is 0 Å². The molecular formula is C19H17NO4. The molecule has 5 heteroatoms.